The number of carboxylic acid groups (broad SMARTS) is 1. The molecular weight excluding hydrogens is 511 g/mol. The van der Waals surface area contributed by atoms with Gasteiger partial charge in [-0.1, -0.05) is 6.07 Å². The number of carbonyl (C=O) groups is 2. The number of likely N-dealkylation sites (N-methyl/N-ethyl adjacent to an activating group) is 1. The van der Waals surface area contributed by atoms with Crippen molar-refractivity contribution in [1.29, 1.82) is 0 Å². The molecule has 6 nitrogen and oxygen atoms in total. The summed E-state index contributed by atoms with van der Waals surface area (Å²) in [5.41, 5.74) is -2.66. The smallest absolute Gasteiger partial charge is 0.416 e. The van der Waals surface area contributed by atoms with E-state index in [2.05, 4.69) is 0 Å². The van der Waals surface area contributed by atoms with Gasteiger partial charge in [0.05, 0.1) is 11.1 Å². The maximum absolute atomic E-state index is 13.7. The Balaban J connectivity index is 1.98. The molecule has 0 unspecified atom stereocenters. The van der Waals surface area contributed by atoms with Gasteiger partial charge >= 0.3 is 24.5 Å². The van der Waals surface area contributed by atoms with E-state index in [0.717, 1.165) is 11.9 Å². The third kappa shape index (κ3) is 6.08. The molecule has 0 aromatic heterocycles. The molecule has 0 spiro atoms. The second-order valence-corrected chi connectivity index (χ2v) is 8.91. The van der Waals surface area contributed by atoms with Gasteiger partial charge in [-0.15, -0.1) is 0 Å². The van der Waals surface area contributed by atoms with Crippen molar-refractivity contribution in [3.63, 3.8) is 0 Å². The molecule has 1 aliphatic rings. The Hall–Kier alpha value is -3.51. The summed E-state index contributed by atoms with van der Waals surface area (Å²) >= 11 is 0. The molecular formula is C24H24F7N3O3. The van der Waals surface area contributed by atoms with Crippen LogP contribution in [-0.4, -0.2) is 60.3 Å². The first-order valence-corrected chi connectivity index (χ1v) is 11.0. The number of rotatable bonds is 3. The van der Waals surface area contributed by atoms with Gasteiger partial charge in [-0.2, -0.15) is 26.3 Å². The van der Waals surface area contributed by atoms with Crippen LogP contribution in [-0.2, 0) is 12.4 Å². The van der Waals surface area contributed by atoms with Crippen molar-refractivity contribution in [3.05, 3.63) is 64.5 Å². The van der Waals surface area contributed by atoms with E-state index in [1.165, 1.54) is 30.1 Å². The zero-order chi connectivity index (χ0) is 27.9. The predicted molar refractivity (Wildman–Crippen MR) is 120 cm³/mol. The SMILES string of the molecule is Cc1cc(F)ccc1[C@@H]1CN(C(=O)O)CC[C@H]1N(C)C(=O)N(C)c1cc(C(F)(F)F)cc(C(F)(F)F)c1. The van der Waals surface area contributed by atoms with Crippen LogP contribution >= 0.6 is 0 Å². The molecule has 2 aromatic rings. The second kappa shape index (κ2) is 10.1. The zero-order valence-corrected chi connectivity index (χ0v) is 20.0. The highest BCUT2D eigenvalue weighted by Gasteiger charge is 2.40. The average Bonchev–Trinajstić information content (AvgIpc) is 2.81. The Bertz CT molecular complexity index is 1150. The largest absolute Gasteiger partial charge is 0.465 e. The first kappa shape index (κ1) is 28.1. The number of hydrogen-bond acceptors (Lipinski definition) is 2. The van der Waals surface area contributed by atoms with E-state index in [1.54, 1.807) is 6.92 Å². The number of urea groups is 1. The van der Waals surface area contributed by atoms with Gasteiger partial charge in [0, 0.05) is 44.8 Å². The van der Waals surface area contributed by atoms with E-state index in [-0.39, 0.29) is 25.6 Å². The number of hydrogen-bond donors (Lipinski definition) is 1. The van der Waals surface area contributed by atoms with E-state index in [4.69, 9.17) is 0 Å². The molecule has 13 heteroatoms. The Morgan fingerprint density at radius 1 is 0.973 bits per heavy atom. The first-order chi connectivity index (χ1) is 17.0. The summed E-state index contributed by atoms with van der Waals surface area (Å²) in [5.74, 6) is -1.14. The number of amides is 3. The topological polar surface area (TPSA) is 64.1 Å². The van der Waals surface area contributed by atoms with Crippen LogP contribution in [0.3, 0.4) is 0 Å². The summed E-state index contributed by atoms with van der Waals surface area (Å²) in [7, 11) is 2.39. The van der Waals surface area contributed by atoms with E-state index < -0.39 is 59.1 Å². The Morgan fingerprint density at radius 2 is 1.54 bits per heavy atom. The molecule has 0 saturated carbocycles. The maximum Gasteiger partial charge on any atom is 0.416 e. The molecule has 1 aliphatic heterocycles. The van der Waals surface area contributed by atoms with Gasteiger partial charge in [0.25, 0.3) is 0 Å². The molecule has 2 atom stereocenters. The van der Waals surface area contributed by atoms with Gasteiger partial charge < -0.3 is 14.9 Å². The minimum Gasteiger partial charge on any atom is -0.465 e. The van der Waals surface area contributed by atoms with Crippen LogP contribution in [0.2, 0.25) is 0 Å². The first-order valence-electron chi connectivity index (χ1n) is 11.0. The highest BCUT2D eigenvalue weighted by Crippen LogP contribution is 2.39. The normalized spacial score (nSPS) is 18.5. The molecule has 1 fully saturated rings. The maximum atomic E-state index is 13.7. The average molecular weight is 535 g/mol. The number of likely N-dealkylation sites (tertiary alicyclic amines) is 1. The summed E-state index contributed by atoms with van der Waals surface area (Å²) in [6, 6.07) is 3.22. The summed E-state index contributed by atoms with van der Waals surface area (Å²) in [6.07, 6.45) is -11.2. The van der Waals surface area contributed by atoms with Gasteiger partial charge in [0.1, 0.15) is 5.82 Å². The lowest BCUT2D eigenvalue weighted by Crippen LogP contribution is -2.54. The molecule has 3 amide bonds. The molecule has 37 heavy (non-hydrogen) atoms. The fourth-order valence-electron chi connectivity index (χ4n) is 4.56. The van der Waals surface area contributed by atoms with Gasteiger partial charge in [-0.05, 0) is 54.8 Å². The molecule has 1 N–H and O–H groups in total. The number of piperidine rings is 1. The molecule has 0 aliphatic carbocycles. The van der Waals surface area contributed by atoms with Gasteiger partial charge in [0.2, 0.25) is 0 Å². The minimum absolute atomic E-state index is 0.0273. The second-order valence-electron chi connectivity index (χ2n) is 8.91. The van der Waals surface area contributed by atoms with Crippen LogP contribution in [0.15, 0.2) is 36.4 Å². The van der Waals surface area contributed by atoms with E-state index in [0.29, 0.717) is 28.2 Å². The molecule has 0 bridgehead atoms. The lowest BCUT2D eigenvalue weighted by Gasteiger charge is -2.43. The van der Waals surface area contributed by atoms with Crippen molar-refractivity contribution in [2.45, 2.75) is 37.7 Å². The molecule has 1 saturated heterocycles. The molecule has 202 valence electrons. The Labute approximate surface area is 207 Å². The van der Waals surface area contributed by atoms with Gasteiger partial charge in [-0.3, -0.25) is 4.90 Å². The van der Waals surface area contributed by atoms with Crippen LogP contribution in [0.4, 0.5) is 46.0 Å². The fourth-order valence-corrected chi connectivity index (χ4v) is 4.56. The Kier molecular flexibility index (Phi) is 7.66. The van der Waals surface area contributed by atoms with Gasteiger partial charge in [-0.25, -0.2) is 14.0 Å². The van der Waals surface area contributed by atoms with Crippen LogP contribution in [0.5, 0.6) is 0 Å². The van der Waals surface area contributed by atoms with Crippen LogP contribution in [0, 0.1) is 12.7 Å². The number of halogens is 7. The van der Waals surface area contributed by atoms with Crippen molar-refractivity contribution in [2.24, 2.45) is 0 Å². The van der Waals surface area contributed by atoms with Gasteiger partial charge in [0.15, 0.2) is 0 Å². The molecule has 1 heterocycles. The van der Waals surface area contributed by atoms with Crippen LogP contribution < -0.4 is 4.90 Å². The fraction of sp³-hybridized carbons (Fsp3) is 0.417. The minimum atomic E-state index is -5.08. The highest BCUT2D eigenvalue weighted by atomic mass is 19.4. The van der Waals surface area contributed by atoms with Crippen LogP contribution in [0.1, 0.15) is 34.6 Å². The van der Waals surface area contributed by atoms with Crippen molar-refractivity contribution < 1.29 is 45.4 Å². The van der Waals surface area contributed by atoms with Crippen molar-refractivity contribution in [2.75, 3.05) is 32.1 Å². The number of carbonyl (C=O) groups excluding carboxylic acids is 1. The van der Waals surface area contributed by atoms with Crippen molar-refractivity contribution in [3.8, 4) is 0 Å². The quantitative estimate of drug-likeness (QED) is 0.477. The lowest BCUT2D eigenvalue weighted by atomic mass is 9.83. The third-order valence-electron chi connectivity index (χ3n) is 6.52. The number of anilines is 1. The molecule has 0 radical (unpaired) electrons. The number of nitrogens with zero attached hydrogens (tertiary/aromatic N) is 3. The summed E-state index contributed by atoms with van der Waals surface area (Å²) in [4.78, 5) is 27.9. The number of benzene rings is 2. The number of aryl methyl sites for hydroxylation is 1. The van der Waals surface area contributed by atoms with E-state index >= 15 is 0 Å². The highest BCUT2D eigenvalue weighted by molar-refractivity contribution is 5.92. The van der Waals surface area contributed by atoms with Crippen molar-refractivity contribution in [1.82, 2.24) is 9.80 Å². The molecule has 2 aromatic carbocycles. The monoisotopic (exact) mass is 535 g/mol. The lowest BCUT2D eigenvalue weighted by molar-refractivity contribution is -0.143. The summed E-state index contributed by atoms with van der Waals surface area (Å²) < 4.78 is 93.5. The Morgan fingerprint density at radius 3 is 2.03 bits per heavy atom. The summed E-state index contributed by atoms with van der Waals surface area (Å²) in [6.45, 7) is 1.61. The molecule has 3 rings (SSSR count). The number of alkyl halides is 6. The summed E-state index contributed by atoms with van der Waals surface area (Å²) in [5, 5.41) is 9.46. The van der Waals surface area contributed by atoms with Crippen LogP contribution in [0.25, 0.3) is 0 Å². The van der Waals surface area contributed by atoms with Crippen molar-refractivity contribution >= 4 is 17.8 Å². The standard InChI is InChI=1S/C24H24F7N3O3/c1-13-8-16(25)4-5-18(13)19-12-34(22(36)37)7-6-20(19)33(3)21(35)32(2)17-10-14(23(26,27)28)9-15(11-17)24(29,30)31/h4-5,8-11,19-20H,6-7,12H2,1-3H3,(H,36,37)/t19-,20+/m0/s1. The van der Waals surface area contributed by atoms with E-state index in [1.807, 2.05) is 0 Å². The predicted octanol–water partition coefficient (Wildman–Crippen LogP) is 6.20. The zero-order valence-electron chi connectivity index (χ0n) is 20.0. The third-order valence-corrected chi connectivity index (χ3v) is 6.52. The van der Waals surface area contributed by atoms with E-state index in [9.17, 15) is 45.4 Å².